The van der Waals surface area contributed by atoms with Crippen LogP contribution >= 0.6 is 0 Å². The maximum atomic E-state index is 11.8. The second-order valence-corrected chi connectivity index (χ2v) is 4.66. The Labute approximate surface area is 100 Å². The van der Waals surface area contributed by atoms with Gasteiger partial charge in [0.25, 0.3) is 11.8 Å². The molecule has 0 fully saturated rings. The van der Waals surface area contributed by atoms with Crippen LogP contribution in [-0.2, 0) is 14.4 Å². The van der Waals surface area contributed by atoms with E-state index in [2.05, 4.69) is 0 Å². The lowest BCUT2D eigenvalue weighted by Crippen LogP contribution is -2.40. The number of carboxylic acid groups (broad SMARTS) is 1. The molecule has 1 atom stereocenters. The molecule has 0 aliphatic carbocycles. The van der Waals surface area contributed by atoms with E-state index in [0.717, 1.165) is 4.90 Å². The maximum absolute atomic E-state index is 11.8. The molecule has 0 bridgehead atoms. The number of nitrogens with zero attached hydrogens (tertiary/aromatic N) is 1. The maximum Gasteiger partial charge on any atom is 0.308 e. The molecule has 0 radical (unpaired) electrons. The topological polar surface area (TPSA) is 74.7 Å². The molecule has 1 aliphatic rings. The number of imide groups is 1. The molecule has 1 heterocycles. The number of carbonyl (C=O) groups excluding carboxylic acids is 2. The van der Waals surface area contributed by atoms with Crippen molar-refractivity contribution in [3.05, 3.63) is 11.1 Å². The van der Waals surface area contributed by atoms with Crippen LogP contribution in [0.3, 0.4) is 0 Å². The van der Waals surface area contributed by atoms with Gasteiger partial charge in [0, 0.05) is 17.7 Å². The summed E-state index contributed by atoms with van der Waals surface area (Å²) in [5, 5.41) is 9.05. The number of rotatable bonds is 4. The molecule has 0 aromatic heterocycles. The second-order valence-electron chi connectivity index (χ2n) is 4.66. The third-order valence-electron chi connectivity index (χ3n) is 3.20. The van der Waals surface area contributed by atoms with E-state index in [0.29, 0.717) is 11.1 Å². The minimum absolute atomic E-state index is 0.0562. The first-order chi connectivity index (χ1) is 7.77. The van der Waals surface area contributed by atoms with Gasteiger partial charge >= 0.3 is 5.97 Å². The summed E-state index contributed by atoms with van der Waals surface area (Å²) in [6.07, 6.45) is 0. The molecule has 1 unspecified atom stereocenters. The standard InChI is InChI=1S/C12H17NO4/c1-6(2)9(12(16)17)5-13-10(14)7(3)8(4)11(13)15/h6,9H,5H2,1-4H3,(H,16,17). The molecule has 5 nitrogen and oxygen atoms in total. The first-order valence-corrected chi connectivity index (χ1v) is 5.53. The Balaban J connectivity index is 2.88. The van der Waals surface area contributed by atoms with E-state index < -0.39 is 11.9 Å². The van der Waals surface area contributed by atoms with Crippen LogP contribution in [0.25, 0.3) is 0 Å². The highest BCUT2D eigenvalue weighted by molar-refractivity contribution is 6.18. The summed E-state index contributed by atoms with van der Waals surface area (Å²) in [7, 11) is 0. The predicted molar refractivity (Wildman–Crippen MR) is 61.1 cm³/mol. The lowest BCUT2D eigenvalue weighted by Gasteiger charge is -2.22. The Hall–Kier alpha value is -1.65. The van der Waals surface area contributed by atoms with Gasteiger partial charge in [-0.15, -0.1) is 0 Å². The lowest BCUT2D eigenvalue weighted by molar-refractivity contribution is -0.146. The summed E-state index contributed by atoms with van der Waals surface area (Å²) in [5.41, 5.74) is 0.811. The summed E-state index contributed by atoms with van der Waals surface area (Å²) in [4.78, 5) is 35.6. The van der Waals surface area contributed by atoms with E-state index in [1.165, 1.54) is 0 Å². The smallest absolute Gasteiger partial charge is 0.308 e. The van der Waals surface area contributed by atoms with Crippen molar-refractivity contribution in [1.82, 2.24) is 4.90 Å². The van der Waals surface area contributed by atoms with Crippen LogP contribution in [0.15, 0.2) is 11.1 Å². The van der Waals surface area contributed by atoms with Gasteiger partial charge in [-0.1, -0.05) is 13.8 Å². The van der Waals surface area contributed by atoms with E-state index in [9.17, 15) is 14.4 Å². The Morgan fingerprint density at radius 1 is 1.18 bits per heavy atom. The van der Waals surface area contributed by atoms with Gasteiger partial charge in [0.1, 0.15) is 0 Å². The van der Waals surface area contributed by atoms with Gasteiger partial charge in [-0.05, 0) is 19.8 Å². The third-order valence-corrected chi connectivity index (χ3v) is 3.20. The number of aliphatic carboxylic acids is 1. The molecule has 94 valence electrons. The van der Waals surface area contributed by atoms with Gasteiger partial charge in [0.2, 0.25) is 0 Å². The minimum Gasteiger partial charge on any atom is -0.481 e. The van der Waals surface area contributed by atoms with E-state index in [1.807, 2.05) is 0 Å². The minimum atomic E-state index is -0.984. The third kappa shape index (κ3) is 2.38. The van der Waals surface area contributed by atoms with Crippen LogP contribution in [0.4, 0.5) is 0 Å². The fourth-order valence-corrected chi connectivity index (χ4v) is 1.75. The predicted octanol–water partition coefficient (Wildman–Crippen LogP) is 1.05. The molecule has 0 saturated carbocycles. The number of hydrogen-bond acceptors (Lipinski definition) is 3. The highest BCUT2D eigenvalue weighted by Crippen LogP contribution is 2.23. The molecule has 1 N–H and O–H groups in total. The van der Waals surface area contributed by atoms with Crippen LogP contribution in [0.1, 0.15) is 27.7 Å². The zero-order chi connectivity index (χ0) is 13.3. The summed E-state index contributed by atoms with van der Waals surface area (Å²) in [5.74, 6) is -2.59. The van der Waals surface area contributed by atoms with Crippen LogP contribution in [0.5, 0.6) is 0 Å². The first-order valence-electron chi connectivity index (χ1n) is 5.53. The van der Waals surface area contributed by atoms with Crippen molar-refractivity contribution in [3.8, 4) is 0 Å². The normalized spacial score (nSPS) is 18.3. The Bertz CT molecular complexity index is 385. The van der Waals surface area contributed by atoms with Gasteiger partial charge in [0.05, 0.1) is 5.92 Å². The fourth-order valence-electron chi connectivity index (χ4n) is 1.75. The van der Waals surface area contributed by atoms with Crippen LogP contribution in [-0.4, -0.2) is 34.3 Å². The molecule has 17 heavy (non-hydrogen) atoms. The Kier molecular flexibility index (Phi) is 3.70. The van der Waals surface area contributed by atoms with Gasteiger partial charge in [-0.2, -0.15) is 0 Å². The number of amides is 2. The molecule has 0 saturated heterocycles. The zero-order valence-electron chi connectivity index (χ0n) is 10.5. The second kappa shape index (κ2) is 4.69. The van der Waals surface area contributed by atoms with Gasteiger partial charge in [-0.3, -0.25) is 19.3 Å². The summed E-state index contributed by atoms with van der Waals surface area (Å²) in [6.45, 7) is 6.63. The van der Waals surface area contributed by atoms with Crippen molar-refractivity contribution in [1.29, 1.82) is 0 Å². The summed E-state index contributed by atoms with van der Waals surface area (Å²) in [6, 6.07) is 0. The van der Waals surface area contributed by atoms with E-state index in [4.69, 9.17) is 5.11 Å². The van der Waals surface area contributed by atoms with Crippen molar-refractivity contribution >= 4 is 17.8 Å². The highest BCUT2D eigenvalue weighted by atomic mass is 16.4. The molecule has 0 aromatic rings. The average molecular weight is 239 g/mol. The average Bonchev–Trinajstić information content (AvgIpc) is 2.41. The Morgan fingerprint density at radius 2 is 1.59 bits per heavy atom. The van der Waals surface area contributed by atoms with Crippen molar-refractivity contribution in [2.45, 2.75) is 27.7 Å². The van der Waals surface area contributed by atoms with Crippen LogP contribution in [0, 0.1) is 11.8 Å². The van der Waals surface area contributed by atoms with Crippen molar-refractivity contribution in [2.75, 3.05) is 6.54 Å². The summed E-state index contributed by atoms with van der Waals surface area (Å²) < 4.78 is 0. The molecule has 5 heteroatoms. The Morgan fingerprint density at radius 3 is 1.88 bits per heavy atom. The van der Waals surface area contributed by atoms with E-state index >= 15 is 0 Å². The molecular formula is C12H17NO4. The van der Waals surface area contributed by atoms with E-state index in [1.54, 1.807) is 27.7 Å². The quantitative estimate of drug-likeness (QED) is 0.744. The van der Waals surface area contributed by atoms with Crippen LogP contribution < -0.4 is 0 Å². The molecule has 1 aliphatic heterocycles. The monoisotopic (exact) mass is 239 g/mol. The van der Waals surface area contributed by atoms with Crippen molar-refractivity contribution < 1.29 is 19.5 Å². The molecule has 0 spiro atoms. The van der Waals surface area contributed by atoms with Gasteiger partial charge < -0.3 is 5.11 Å². The molecule has 2 amide bonds. The van der Waals surface area contributed by atoms with E-state index in [-0.39, 0.29) is 24.3 Å². The van der Waals surface area contributed by atoms with Crippen LogP contribution in [0.2, 0.25) is 0 Å². The molecule has 0 aromatic carbocycles. The zero-order valence-corrected chi connectivity index (χ0v) is 10.5. The van der Waals surface area contributed by atoms with Crippen molar-refractivity contribution in [2.24, 2.45) is 11.8 Å². The molecule has 1 rings (SSSR count). The number of hydrogen-bond donors (Lipinski definition) is 1. The molecular weight excluding hydrogens is 222 g/mol. The largest absolute Gasteiger partial charge is 0.481 e. The number of carbonyl (C=O) groups is 3. The SMILES string of the molecule is CC1=C(C)C(=O)N(CC(C(=O)O)C(C)C)C1=O. The fraction of sp³-hybridized carbons (Fsp3) is 0.583. The number of carboxylic acids is 1. The van der Waals surface area contributed by atoms with Crippen molar-refractivity contribution in [3.63, 3.8) is 0 Å². The van der Waals surface area contributed by atoms with Gasteiger partial charge in [0.15, 0.2) is 0 Å². The first kappa shape index (κ1) is 13.4. The summed E-state index contributed by atoms with van der Waals surface area (Å²) >= 11 is 0. The lowest BCUT2D eigenvalue weighted by atomic mass is 9.95. The van der Waals surface area contributed by atoms with Gasteiger partial charge in [-0.25, -0.2) is 0 Å². The highest BCUT2D eigenvalue weighted by Gasteiger charge is 2.37.